The van der Waals surface area contributed by atoms with Gasteiger partial charge in [0.2, 0.25) is 0 Å². The third-order valence-electron chi connectivity index (χ3n) is 3.37. The van der Waals surface area contributed by atoms with E-state index in [-0.39, 0.29) is 28.0 Å². The average molecular weight is 347 g/mol. The van der Waals surface area contributed by atoms with Crippen LogP contribution in [0.2, 0.25) is 0 Å². The molecule has 0 aliphatic rings. The quantitative estimate of drug-likeness (QED) is 0.220. The zero-order valence-electron chi connectivity index (χ0n) is 12.8. The SMILES string of the molecule is CCCCCCC[SH](CCCCCCC)C(N)=S.[Fe]. The van der Waals surface area contributed by atoms with Crippen molar-refractivity contribution in [3.63, 3.8) is 0 Å². The van der Waals surface area contributed by atoms with E-state index in [4.69, 9.17) is 18.0 Å². The van der Waals surface area contributed by atoms with Crippen molar-refractivity contribution in [2.75, 3.05) is 11.5 Å². The first-order chi connectivity index (χ1) is 8.72. The Morgan fingerprint density at radius 2 is 1.16 bits per heavy atom. The Morgan fingerprint density at radius 3 is 1.47 bits per heavy atom. The van der Waals surface area contributed by atoms with Gasteiger partial charge in [0, 0.05) is 17.1 Å². The summed E-state index contributed by atoms with van der Waals surface area (Å²) in [6.45, 7) is 4.52. The van der Waals surface area contributed by atoms with Gasteiger partial charge in [-0.1, -0.05) is 77.4 Å². The number of hydrogen-bond acceptors (Lipinski definition) is 1. The van der Waals surface area contributed by atoms with Gasteiger partial charge >= 0.3 is 0 Å². The predicted molar refractivity (Wildman–Crippen MR) is 93.0 cm³/mol. The van der Waals surface area contributed by atoms with Crippen molar-refractivity contribution in [2.24, 2.45) is 5.73 Å². The van der Waals surface area contributed by atoms with Gasteiger partial charge in [0.05, 0.1) is 0 Å². The summed E-state index contributed by atoms with van der Waals surface area (Å²) in [5, 5.41) is 0. The van der Waals surface area contributed by atoms with Crippen LogP contribution < -0.4 is 5.73 Å². The third kappa shape index (κ3) is 15.0. The zero-order valence-corrected chi connectivity index (χ0v) is 15.6. The van der Waals surface area contributed by atoms with Gasteiger partial charge in [-0.25, -0.2) is 10.9 Å². The van der Waals surface area contributed by atoms with Gasteiger partial charge in [-0.05, 0) is 24.3 Å². The summed E-state index contributed by atoms with van der Waals surface area (Å²) in [5.74, 6) is 2.56. The number of thiocarbonyl (C=S) groups is 1. The van der Waals surface area contributed by atoms with Crippen LogP contribution >= 0.6 is 23.1 Å². The Hall–Kier alpha value is 0.759. The molecule has 0 saturated heterocycles. The van der Waals surface area contributed by atoms with Gasteiger partial charge < -0.3 is 5.73 Å². The molecule has 0 aromatic carbocycles. The summed E-state index contributed by atoms with van der Waals surface area (Å²) < 4.78 is 0.816. The van der Waals surface area contributed by atoms with Crippen LogP contribution in [0.15, 0.2) is 0 Å². The molecular formula is C15H33FeNS2. The molecular weight excluding hydrogens is 314 g/mol. The number of hydrogen-bond donors (Lipinski definition) is 2. The summed E-state index contributed by atoms with van der Waals surface area (Å²) in [6, 6.07) is 0. The summed E-state index contributed by atoms with van der Waals surface area (Å²) in [7, 11) is -0.152. The van der Waals surface area contributed by atoms with Gasteiger partial charge in [0.15, 0.2) is 0 Å². The van der Waals surface area contributed by atoms with E-state index in [0.29, 0.717) is 0 Å². The minimum Gasteiger partial charge on any atom is -0.386 e. The molecule has 19 heavy (non-hydrogen) atoms. The molecule has 1 nitrogen and oxygen atoms in total. The Balaban J connectivity index is 0. The van der Waals surface area contributed by atoms with Gasteiger partial charge in [-0.2, -0.15) is 0 Å². The third-order valence-corrected chi connectivity index (χ3v) is 6.48. The fourth-order valence-corrected chi connectivity index (χ4v) is 4.57. The standard InChI is InChI=1S/C15H33NS2.Fe/c1-3-5-7-9-11-13-18(15(16)17)14-12-10-8-6-4-2;/h18H,3-14H2,1-2H3,(H2,16,17);. The smallest absolute Gasteiger partial charge is 0.111 e. The van der Waals surface area contributed by atoms with Gasteiger partial charge in [0.25, 0.3) is 0 Å². The molecule has 0 fully saturated rings. The van der Waals surface area contributed by atoms with E-state index in [1.165, 1.54) is 75.7 Å². The molecule has 0 aliphatic carbocycles. The van der Waals surface area contributed by atoms with Crippen LogP contribution in [0.4, 0.5) is 0 Å². The maximum Gasteiger partial charge on any atom is 0.111 e. The number of thiol groups is 1. The molecule has 0 aliphatic heterocycles. The molecule has 0 saturated carbocycles. The van der Waals surface area contributed by atoms with Crippen LogP contribution in [0.25, 0.3) is 0 Å². The van der Waals surface area contributed by atoms with Crippen molar-refractivity contribution in [3.05, 3.63) is 0 Å². The van der Waals surface area contributed by atoms with Crippen LogP contribution in [0.5, 0.6) is 0 Å². The monoisotopic (exact) mass is 347 g/mol. The van der Waals surface area contributed by atoms with Crippen molar-refractivity contribution in [1.82, 2.24) is 0 Å². The first-order valence-electron chi connectivity index (χ1n) is 7.76. The molecule has 0 heterocycles. The fraction of sp³-hybridized carbons (Fsp3) is 0.933. The average Bonchev–Trinajstić information content (AvgIpc) is 2.35. The second-order valence-electron chi connectivity index (χ2n) is 5.15. The minimum atomic E-state index is -0.152. The van der Waals surface area contributed by atoms with Crippen molar-refractivity contribution in [3.8, 4) is 0 Å². The van der Waals surface area contributed by atoms with E-state index in [0.717, 1.165) is 4.32 Å². The van der Waals surface area contributed by atoms with Crippen LogP contribution in [-0.4, -0.2) is 15.8 Å². The van der Waals surface area contributed by atoms with Crippen molar-refractivity contribution < 1.29 is 17.1 Å². The molecule has 118 valence electrons. The maximum absolute atomic E-state index is 5.88. The van der Waals surface area contributed by atoms with Gasteiger partial charge in [0.1, 0.15) is 4.32 Å². The molecule has 0 bridgehead atoms. The molecule has 4 heteroatoms. The van der Waals surface area contributed by atoms with E-state index >= 15 is 0 Å². The van der Waals surface area contributed by atoms with Crippen molar-refractivity contribution >= 4 is 27.4 Å². The summed E-state index contributed by atoms with van der Waals surface area (Å²) >= 11 is 5.23. The molecule has 0 rings (SSSR count). The van der Waals surface area contributed by atoms with Crippen molar-refractivity contribution in [1.29, 1.82) is 0 Å². The molecule has 0 amide bonds. The van der Waals surface area contributed by atoms with Crippen LogP contribution in [-0.2, 0) is 17.1 Å². The van der Waals surface area contributed by atoms with Crippen LogP contribution in [0.3, 0.4) is 0 Å². The van der Waals surface area contributed by atoms with E-state index in [9.17, 15) is 0 Å². The molecule has 0 radical (unpaired) electrons. The normalized spacial score (nSPS) is 10.9. The Bertz CT molecular complexity index is 187. The molecule has 0 spiro atoms. The van der Waals surface area contributed by atoms with Crippen LogP contribution in [0.1, 0.15) is 78.1 Å². The summed E-state index contributed by atoms with van der Waals surface area (Å²) in [6.07, 6.45) is 13.6. The second kappa shape index (κ2) is 16.8. The van der Waals surface area contributed by atoms with E-state index in [1.54, 1.807) is 0 Å². The number of rotatable bonds is 12. The van der Waals surface area contributed by atoms with Crippen molar-refractivity contribution in [2.45, 2.75) is 78.1 Å². The van der Waals surface area contributed by atoms with E-state index < -0.39 is 0 Å². The van der Waals surface area contributed by atoms with Gasteiger partial charge in [-0.3, -0.25) is 0 Å². The number of unbranched alkanes of at least 4 members (excludes halogenated alkanes) is 8. The minimum absolute atomic E-state index is 0. The summed E-state index contributed by atoms with van der Waals surface area (Å²) in [4.78, 5) is 0. The summed E-state index contributed by atoms with van der Waals surface area (Å²) in [5.41, 5.74) is 5.88. The fourth-order valence-electron chi connectivity index (χ4n) is 2.14. The first kappa shape index (κ1) is 22.0. The van der Waals surface area contributed by atoms with E-state index in [1.807, 2.05) is 0 Å². The predicted octanol–water partition coefficient (Wildman–Crippen LogP) is 5.17. The molecule has 0 aromatic rings. The zero-order chi connectivity index (χ0) is 13.6. The first-order valence-corrected chi connectivity index (χ1v) is 9.88. The number of nitrogens with two attached hydrogens (primary N) is 1. The molecule has 0 unspecified atom stereocenters. The Morgan fingerprint density at radius 1 is 0.789 bits per heavy atom. The Labute approximate surface area is 139 Å². The van der Waals surface area contributed by atoms with Gasteiger partial charge in [-0.15, -0.1) is 0 Å². The van der Waals surface area contributed by atoms with E-state index in [2.05, 4.69) is 13.8 Å². The topological polar surface area (TPSA) is 26.0 Å². The molecule has 2 N–H and O–H groups in total. The van der Waals surface area contributed by atoms with Crippen LogP contribution in [0, 0.1) is 0 Å². The maximum atomic E-state index is 5.88. The molecule has 0 atom stereocenters. The Kier molecular flexibility index (Phi) is 19.5. The second-order valence-corrected chi connectivity index (χ2v) is 8.35. The largest absolute Gasteiger partial charge is 0.386 e. The molecule has 0 aromatic heterocycles.